The van der Waals surface area contributed by atoms with E-state index in [1.807, 2.05) is 48.5 Å². The molecule has 130 valence electrons. The van der Waals surface area contributed by atoms with Gasteiger partial charge in [0.2, 0.25) is 5.91 Å². The van der Waals surface area contributed by atoms with Gasteiger partial charge in [-0.3, -0.25) is 4.79 Å². The summed E-state index contributed by atoms with van der Waals surface area (Å²) in [5, 5.41) is 2.77. The molecule has 1 amide bonds. The lowest BCUT2D eigenvalue weighted by atomic mass is 10.2. The summed E-state index contributed by atoms with van der Waals surface area (Å²) in [5.74, 6) is 1.11. The molecule has 0 saturated heterocycles. The van der Waals surface area contributed by atoms with Crippen molar-refractivity contribution in [2.45, 2.75) is 26.1 Å². The Balaban J connectivity index is 0.00000288. The molecule has 0 aromatic heterocycles. The van der Waals surface area contributed by atoms with Crippen molar-refractivity contribution in [3.8, 4) is 11.5 Å². The second kappa shape index (κ2) is 9.80. The first-order valence-corrected chi connectivity index (χ1v) is 7.47. The van der Waals surface area contributed by atoms with Gasteiger partial charge < -0.3 is 20.5 Å². The Hall–Kier alpha value is -2.24. The average Bonchev–Trinajstić information content (AvgIpc) is 2.58. The molecule has 5 nitrogen and oxygen atoms in total. The van der Waals surface area contributed by atoms with Crippen molar-refractivity contribution in [3.63, 3.8) is 0 Å². The smallest absolute Gasteiger partial charge is 0.236 e. The van der Waals surface area contributed by atoms with Gasteiger partial charge in [-0.1, -0.05) is 36.4 Å². The molecule has 0 aliphatic heterocycles. The van der Waals surface area contributed by atoms with Crippen LogP contribution in [0.5, 0.6) is 11.5 Å². The monoisotopic (exact) mass is 350 g/mol. The SMILES string of the molecule is COc1cc(CNC(=O)[C@@H](C)N)ccc1OCc1ccccc1.Cl. The van der Waals surface area contributed by atoms with Gasteiger partial charge in [0.1, 0.15) is 6.61 Å². The lowest BCUT2D eigenvalue weighted by molar-refractivity contribution is -0.122. The molecule has 24 heavy (non-hydrogen) atoms. The van der Waals surface area contributed by atoms with Crippen LogP contribution in [0.15, 0.2) is 48.5 Å². The standard InChI is InChI=1S/C18H22N2O3.ClH/c1-13(19)18(21)20-11-15-8-9-16(17(10-15)22-2)23-12-14-6-4-3-5-7-14;/h3-10,13H,11-12,19H2,1-2H3,(H,20,21);1H/t13-;/m1./s1. The Bertz CT molecular complexity index is 648. The zero-order chi connectivity index (χ0) is 16.7. The molecule has 0 spiro atoms. The van der Waals surface area contributed by atoms with E-state index < -0.39 is 6.04 Å². The summed E-state index contributed by atoms with van der Waals surface area (Å²) in [6.07, 6.45) is 0. The summed E-state index contributed by atoms with van der Waals surface area (Å²) in [6.45, 7) is 2.52. The number of hydrogen-bond acceptors (Lipinski definition) is 4. The van der Waals surface area contributed by atoms with Crippen LogP contribution in [0.3, 0.4) is 0 Å². The lowest BCUT2D eigenvalue weighted by Crippen LogP contribution is -2.37. The van der Waals surface area contributed by atoms with Crippen LogP contribution in [0, 0.1) is 0 Å². The zero-order valence-electron chi connectivity index (χ0n) is 13.8. The first-order chi connectivity index (χ1) is 11.1. The van der Waals surface area contributed by atoms with Gasteiger partial charge in [0.05, 0.1) is 13.2 Å². The van der Waals surface area contributed by atoms with E-state index in [1.54, 1.807) is 14.0 Å². The average molecular weight is 351 g/mol. The molecule has 6 heteroatoms. The first-order valence-electron chi connectivity index (χ1n) is 7.47. The summed E-state index contributed by atoms with van der Waals surface area (Å²) < 4.78 is 11.2. The highest BCUT2D eigenvalue weighted by atomic mass is 35.5. The van der Waals surface area contributed by atoms with E-state index in [0.717, 1.165) is 11.1 Å². The third kappa shape index (κ3) is 5.76. The fourth-order valence-corrected chi connectivity index (χ4v) is 2.03. The second-order valence-corrected chi connectivity index (χ2v) is 5.27. The van der Waals surface area contributed by atoms with E-state index in [9.17, 15) is 4.79 Å². The van der Waals surface area contributed by atoms with Crippen LogP contribution >= 0.6 is 12.4 Å². The molecule has 0 aliphatic rings. The summed E-state index contributed by atoms with van der Waals surface area (Å²) in [5.41, 5.74) is 7.52. The molecule has 2 aromatic carbocycles. The largest absolute Gasteiger partial charge is 0.493 e. The third-order valence-corrected chi connectivity index (χ3v) is 3.35. The van der Waals surface area contributed by atoms with Crippen LogP contribution in [0.1, 0.15) is 18.1 Å². The van der Waals surface area contributed by atoms with Crippen LogP contribution in [-0.2, 0) is 17.9 Å². The summed E-state index contributed by atoms with van der Waals surface area (Å²) in [4.78, 5) is 11.5. The Morgan fingerprint density at radius 1 is 1.12 bits per heavy atom. The van der Waals surface area contributed by atoms with Crippen molar-refractivity contribution >= 4 is 18.3 Å². The number of nitrogens with one attached hydrogen (secondary N) is 1. The Morgan fingerprint density at radius 2 is 1.83 bits per heavy atom. The molecule has 0 bridgehead atoms. The van der Waals surface area contributed by atoms with E-state index in [-0.39, 0.29) is 18.3 Å². The second-order valence-electron chi connectivity index (χ2n) is 5.27. The Labute approximate surface area is 148 Å². The van der Waals surface area contributed by atoms with Crippen molar-refractivity contribution in [2.75, 3.05) is 7.11 Å². The minimum absolute atomic E-state index is 0. The van der Waals surface area contributed by atoms with Gasteiger partial charge in [0.25, 0.3) is 0 Å². The van der Waals surface area contributed by atoms with Gasteiger partial charge in [-0.05, 0) is 30.2 Å². The number of nitrogens with two attached hydrogens (primary N) is 1. The summed E-state index contributed by atoms with van der Waals surface area (Å²) >= 11 is 0. The number of ether oxygens (including phenoxy) is 2. The van der Waals surface area contributed by atoms with E-state index in [0.29, 0.717) is 24.7 Å². The van der Waals surface area contributed by atoms with Gasteiger partial charge in [-0.15, -0.1) is 12.4 Å². The van der Waals surface area contributed by atoms with E-state index >= 15 is 0 Å². The van der Waals surface area contributed by atoms with Crippen LogP contribution in [-0.4, -0.2) is 19.1 Å². The highest BCUT2D eigenvalue weighted by Gasteiger charge is 2.09. The molecule has 3 N–H and O–H groups in total. The van der Waals surface area contributed by atoms with Crippen LogP contribution in [0.2, 0.25) is 0 Å². The van der Waals surface area contributed by atoms with Gasteiger partial charge in [-0.2, -0.15) is 0 Å². The molecule has 0 unspecified atom stereocenters. The number of halogens is 1. The number of carbonyl (C=O) groups excluding carboxylic acids is 1. The van der Waals surface area contributed by atoms with Crippen LogP contribution in [0.25, 0.3) is 0 Å². The van der Waals surface area contributed by atoms with Gasteiger partial charge in [0, 0.05) is 6.54 Å². The van der Waals surface area contributed by atoms with Crippen molar-refractivity contribution in [1.82, 2.24) is 5.32 Å². The third-order valence-electron chi connectivity index (χ3n) is 3.35. The summed E-state index contributed by atoms with van der Waals surface area (Å²) in [7, 11) is 1.59. The molecule has 0 fully saturated rings. The van der Waals surface area contributed by atoms with Crippen molar-refractivity contribution < 1.29 is 14.3 Å². The Kier molecular flexibility index (Phi) is 8.09. The Morgan fingerprint density at radius 3 is 2.46 bits per heavy atom. The minimum atomic E-state index is -0.523. The minimum Gasteiger partial charge on any atom is -0.493 e. The number of hydrogen-bond donors (Lipinski definition) is 2. The maximum absolute atomic E-state index is 11.5. The maximum Gasteiger partial charge on any atom is 0.236 e. The van der Waals surface area contributed by atoms with Crippen LogP contribution in [0.4, 0.5) is 0 Å². The highest BCUT2D eigenvalue weighted by molar-refractivity contribution is 5.85. The predicted molar refractivity (Wildman–Crippen MR) is 96.5 cm³/mol. The molecule has 2 rings (SSSR count). The number of amides is 1. The van der Waals surface area contributed by atoms with Gasteiger partial charge >= 0.3 is 0 Å². The molecular formula is C18H23ClN2O3. The van der Waals surface area contributed by atoms with E-state index in [1.165, 1.54) is 0 Å². The number of carbonyl (C=O) groups is 1. The topological polar surface area (TPSA) is 73.6 Å². The number of methoxy groups -OCH3 is 1. The van der Waals surface area contributed by atoms with Gasteiger partial charge in [0.15, 0.2) is 11.5 Å². The normalized spacial score (nSPS) is 11.1. The quantitative estimate of drug-likeness (QED) is 0.805. The summed E-state index contributed by atoms with van der Waals surface area (Å²) in [6, 6.07) is 15.0. The van der Waals surface area contributed by atoms with Crippen molar-refractivity contribution in [2.24, 2.45) is 5.73 Å². The predicted octanol–water partition coefficient (Wildman–Crippen LogP) is 2.66. The first kappa shape index (κ1) is 19.8. The number of benzene rings is 2. The van der Waals surface area contributed by atoms with Gasteiger partial charge in [-0.25, -0.2) is 0 Å². The lowest BCUT2D eigenvalue weighted by Gasteiger charge is -2.13. The molecule has 2 aromatic rings. The molecule has 0 saturated carbocycles. The fourth-order valence-electron chi connectivity index (χ4n) is 2.03. The highest BCUT2D eigenvalue weighted by Crippen LogP contribution is 2.28. The molecule has 1 atom stereocenters. The van der Waals surface area contributed by atoms with Crippen molar-refractivity contribution in [3.05, 3.63) is 59.7 Å². The molecule has 0 radical (unpaired) electrons. The van der Waals surface area contributed by atoms with Crippen LogP contribution < -0.4 is 20.5 Å². The molecule has 0 heterocycles. The van der Waals surface area contributed by atoms with E-state index in [2.05, 4.69) is 5.32 Å². The number of rotatable bonds is 7. The van der Waals surface area contributed by atoms with Crippen molar-refractivity contribution in [1.29, 1.82) is 0 Å². The maximum atomic E-state index is 11.5. The van der Waals surface area contributed by atoms with E-state index in [4.69, 9.17) is 15.2 Å². The molecular weight excluding hydrogens is 328 g/mol. The molecule has 0 aliphatic carbocycles. The zero-order valence-corrected chi connectivity index (χ0v) is 14.6. The fraction of sp³-hybridized carbons (Fsp3) is 0.278.